The molecule has 0 aliphatic carbocycles. The number of benzene rings is 1. The molecule has 0 amide bonds. The van der Waals surface area contributed by atoms with Crippen LogP contribution < -0.4 is 4.74 Å². The minimum absolute atomic E-state index is 0.0241. The number of phenols is 2. The van der Waals surface area contributed by atoms with Crippen molar-refractivity contribution in [1.82, 2.24) is 0 Å². The molecule has 0 fully saturated rings. The van der Waals surface area contributed by atoms with Gasteiger partial charge in [0.05, 0.1) is 13.0 Å². The third-order valence-corrected chi connectivity index (χ3v) is 1.77. The second-order valence-corrected chi connectivity index (χ2v) is 2.56. The third kappa shape index (κ3) is 1.56. The topological polar surface area (TPSA) is 49.7 Å². The van der Waals surface area contributed by atoms with Crippen LogP contribution in [0.2, 0.25) is 0 Å². The highest BCUT2D eigenvalue weighted by Gasteiger charge is 2.09. The van der Waals surface area contributed by atoms with Crippen LogP contribution in [0.3, 0.4) is 0 Å². The molecule has 66 valence electrons. The van der Waals surface area contributed by atoms with Gasteiger partial charge in [-0.15, -0.1) is 11.6 Å². The normalized spacial score (nSPS) is 9.83. The van der Waals surface area contributed by atoms with E-state index in [4.69, 9.17) is 21.4 Å². The van der Waals surface area contributed by atoms with E-state index < -0.39 is 0 Å². The van der Waals surface area contributed by atoms with Crippen molar-refractivity contribution in [1.29, 1.82) is 0 Å². The molecule has 0 aliphatic rings. The van der Waals surface area contributed by atoms with Gasteiger partial charge in [-0.05, 0) is 6.07 Å². The summed E-state index contributed by atoms with van der Waals surface area (Å²) in [5, 5.41) is 18.3. The van der Waals surface area contributed by atoms with Crippen LogP contribution in [0.25, 0.3) is 0 Å². The molecule has 0 atom stereocenters. The highest BCUT2D eigenvalue weighted by Crippen LogP contribution is 2.34. The first-order valence-electron chi connectivity index (χ1n) is 3.34. The first kappa shape index (κ1) is 9.00. The molecule has 1 aromatic carbocycles. The van der Waals surface area contributed by atoms with Gasteiger partial charge in [0, 0.05) is 11.6 Å². The lowest BCUT2D eigenvalue weighted by molar-refractivity contribution is 0.366. The van der Waals surface area contributed by atoms with E-state index in [0.29, 0.717) is 11.3 Å². The molecule has 0 unspecified atom stereocenters. The zero-order valence-corrected chi connectivity index (χ0v) is 7.30. The molecule has 4 heteroatoms. The van der Waals surface area contributed by atoms with Gasteiger partial charge in [-0.1, -0.05) is 0 Å². The summed E-state index contributed by atoms with van der Waals surface area (Å²) in [6.07, 6.45) is 0. The van der Waals surface area contributed by atoms with E-state index in [-0.39, 0.29) is 17.4 Å². The molecule has 2 N–H and O–H groups in total. The Morgan fingerprint density at radius 2 is 2.08 bits per heavy atom. The minimum Gasteiger partial charge on any atom is -0.508 e. The minimum atomic E-state index is -0.104. The molecule has 1 aromatic rings. The van der Waals surface area contributed by atoms with Crippen molar-refractivity contribution >= 4 is 11.6 Å². The molecule has 0 aromatic heterocycles. The van der Waals surface area contributed by atoms with Gasteiger partial charge in [-0.3, -0.25) is 0 Å². The molecule has 0 spiro atoms. The Morgan fingerprint density at radius 1 is 1.42 bits per heavy atom. The summed E-state index contributed by atoms with van der Waals surface area (Å²) in [4.78, 5) is 0. The number of aromatic hydroxyl groups is 2. The average Bonchev–Trinajstić information content (AvgIpc) is 2.03. The smallest absolute Gasteiger partial charge is 0.165 e. The molecule has 0 aliphatic heterocycles. The van der Waals surface area contributed by atoms with Gasteiger partial charge < -0.3 is 14.9 Å². The fraction of sp³-hybridized carbons (Fsp3) is 0.250. The summed E-state index contributed by atoms with van der Waals surface area (Å²) in [5.74, 6) is 0.366. The van der Waals surface area contributed by atoms with E-state index in [9.17, 15) is 5.11 Å². The molecule has 3 nitrogen and oxygen atoms in total. The SMILES string of the molecule is COc1c(O)cc(O)cc1CCl. The summed E-state index contributed by atoms with van der Waals surface area (Å²) in [5.41, 5.74) is 0.566. The van der Waals surface area contributed by atoms with E-state index in [0.717, 1.165) is 0 Å². The van der Waals surface area contributed by atoms with Crippen LogP contribution in [-0.2, 0) is 5.88 Å². The first-order valence-corrected chi connectivity index (χ1v) is 3.87. The lowest BCUT2D eigenvalue weighted by Crippen LogP contribution is -1.89. The molecule has 1 rings (SSSR count). The number of hydrogen-bond donors (Lipinski definition) is 2. The Hall–Kier alpha value is -1.09. The Morgan fingerprint density at radius 3 is 2.58 bits per heavy atom. The zero-order chi connectivity index (χ0) is 9.14. The Labute approximate surface area is 75.2 Å². The lowest BCUT2D eigenvalue weighted by Gasteiger charge is -2.07. The number of phenolic OH excluding ortho intramolecular Hbond substituents is 2. The van der Waals surface area contributed by atoms with Crippen molar-refractivity contribution in [3.05, 3.63) is 17.7 Å². The predicted octanol–water partition coefficient (Wildman–Crippen LogP) is 1.85. The number of halogens is 1. The maximum atomic E-state index is 9.26. The molecule has 0 bridgehead atoms. The van der Waals surface area contributed by atoms with Crippen molar-refractivity contribution in [2.45, 2.75) is 5.88 Å². The molecule has 0 saturated heterocycles. The summed E-state index contributed by atoms with van der Waals surface area (Å²) >= 11 is 5.55. The number of hydrogen-bond acceptors (Lipinski definition) is 3. The van der Waals surface area contributed by atoms with Gasteiger partial charge in [0.2, 0.25) is 0 Å². The fourth-order valence-corrected chi connectivity index (χ4v) is 1.19. The standard InChI is InChI=1S/C8H9ClO3/c1-12-8-5(4-9)2-6(10)3-7(8)11/h2-3,10-11H,4H2,1H3. The Kier molecular flexibility index (Phi) is 2.65. The van der Waals surface area contributed by atoms with E-state index >= 15 is 0 Å². The summed E-state index contributed by atoms with van der Waals surface area (Å²) in [7, 11) is 1.43. The van der Waals surface area contributed by atoms with Crippen molar-refractivity contribution < 1.29 is 14.9 Å². The number of ether oxygens (including phenoxy) is 1. The highest BCUT2D eigenvalue weighted by atomic mass is 35.5. The van der Waals surface area contributed by atoms with Gasteiger partial charge in [-0.2, -0.15) is 0 Å². The summed E-state index contributed by atoms with van der Waals surface area (Å²) in [6, 6.07) is 2.65. The summed E-state index contributed by atoms with van der Waals surface area (Å²) < 4.78 is 4.88. The van der Waals surface area contributed by atoms with Crippen LogP contribution in [0.1, 0.15) is 5.56 Å². The second-order valence-electron chi connectivity index (χ2n) is 2.29. The number of alkyl halides is 1. The van der Waals surface area contributed by atoms with Gasteiger partial charge >= 0.3 is 0 Å². The Balaban J connectivity index is 3.24. The fourth-order valence-electron chi connectivity index (χ4n) is 0.991. The molecule has 0 heterocycles. The first-order chi connectivity index (χ1) is 5.69. The molecule has 0 radical (unpaired) electrons. The average molecular weight is 189 g/mol. The van der Waals surface area contributed by atoms with Gasteiger partial charge in [0.25, 0.3) is 0 Å². The van der Waals surface area contributed by atoms with Gasteiger partial charge in [-0.25, -0.2) is 0 Å². The molecular weight excluding hydrogens is 180 g/mol. The van der Waals surface area contributed by atoms with Crippen molar-refractivity contribution in [3.63, 3.8) is 0 Å². The van der Waals surface area contributed by atoms with E-state index in [2.05, 4.69) is 0 Å². The predicted molar refractivity (Wildman–Crippen MR) is 45.9 cm³/mol. The largest absolute Gasteiger partial charge is 0.508 e. The maximum absolute atomic E-state index is 9.26. The zero-order valence-electron chi connectivity index (χ0n) is 6.54. The van der Waals surface area contributed by atoms with Crippen LogP contribution in [0.15, 0.2) is 12.1 Å². The number of methoxy groups -OCH3 is 1. The van der Waals surface area contributed by atoms with Crippen molar-refractivity contribution in [3.8, 4) is 17.2 Å². The van der Waals surface area contributed by atoms with E-state index in [1.54, 1.807) is 0 Å². The van der Waals surface area contributed by atoms with Crippen LogP contribution >= 0.6 is 11.6 Å². The van der Waals surface area contributed by atoms with Gasteiger partial charge in [0.15, 0.2) is 11.5 Å². The third-order valence-electron chi connectivity index (χ3n) is 1.48. The van der Waals surface area contributed by atoms with Crippen molar-refractivity contribution in [2.75, 3.05) is 7.11 Å². The van der Waals surface area contributed by atoms with Crippen molar-refractivity contribution in [2.24, 2.45) is 0 Å². The summed E-state index contributed by atoms with van der Waals surface area (Å²) in [6.45, 7) is 0. The van der Waals surface area contributed by atoms with Crippen LogP contribution in [-0.4, -0.2) is 17.3 Å². The molecule has 0 saturated carbocycles. The molecular formula is C8H9ClO3. The Bertz CT molecular complexity index is 286. The highest BCUT2D eigenvalue weighted by molar-refractivity contribution is 6.17. The molecule has 12 heavy (non-hydrogen) atoms. The monoisotopic (exact) mass is 188 g/mol. The quantitative estimate of drug-likeness (QED) is 0.697. The van der Waals surface area contributed by atoms with E-state index in [1.807, 2.05) is 0 Å². The van der Waals surface area contributed by atoms with Crippen LogP contribution in [0.5, 0.6) is 17.2 Å². The second kappa shape index (κ2) is 3.54. The lowest BCUT2D eigenvalue weighted by atomic mass is 10.2. The van der Waals surface area contributed by atoms with Crippen LogP contribution in [0, 0.1) is 0 Å². The van der Waals surface area contributed by atoms with E-state index in [1.165, 1.54) is 19.2 Å². The number of rotatable bonds is 2. The maximum Gasteiger partial charge on any atom is 0.165 e. The van der Waals surface area contributed by atoms with Crippen LogP contribution in [0.4, 0.5) is 0 Å². The van der Waals surface area contributed by atoms with Gasteiger partial charge in [0.1, 0.15) is 5.75 Å².